The number of nitrogens with one attached hydrogen (secondary N) is 2. The molecule has 2 N–H and O–H groups in total. The zero-order chi connectivity index (χ0) is 18.8. The van der Waals surface area contributed by atoms with Gasteiger partial charge in [-0.25, -0.2) is 4.99 Å². The number of aliphatic imine (C=N–C) groups is 1. The fourth-order valence-electron chi connectivity index (χ4n) is 2.69. The molecule has 0 aliphatic heterocycles. The highest BCUT2D eigenvalue weighted by molar-refractivity contribution is 5.79. The monoisotopic (exact) mass is 354 g/mol. The number of rotatable bonds is 8. The maximum Gasteiger partial charge on any atom is 0.191 e. The Hall–Kier alpha value is -2.56. The van der Waals surface area contributed by atoms with E-state index >= 15 is 0 Å². The third kappa shape index (κ3) is 6.06. The van der Waals surface area contributed by atoms with Gasteiger partial charge < -0.3 is 15.4 Å². The van der Waals surface area contributed by atoms with Gasteiger partial charge in [-0.2, -0.15) is 0 Å². The molecule has 1 atom stereocenters. The Labute approximate surface area is 156 Å². The van der Waals surface area contributed by atoms with Gasteiger partial charge in [-0.05, 0) is 55.5 Å². The van der Waals surface area contributed by atoms with E-state index in [-0.39, 0.29) is 0 Å². The van der Waals surface area contributed by atoms with Gasteiger partial charge in [0, 0.05) is 19.3 Å². The lowest BCUT2D eigenvalue weighted by molar-refractivity contribution is 0.414. The van der Waals surface area contributed by atoms with Crippen molar-refractivity contribution in [3.63, 3.8) is 0 Å². The highest BCUT2D eigenvalue weighted by Gasteiger charge is 2.07. The standard InChI is InChI=1S/C21H30N4O/c1-5-22-21(25-15-20-17(3)7-6-13-23-20)24-14-12-16(2)18-8-10-19(26-4)11-9-18/h6-11,13,16H,5,12,14-15H2,1-4H3,(H2,22,24,25). The van der Waals surface area contributed by atoms with Crippen molar-refractivity contribution < 1.29 is 4.74 Å². The summed E-state index contributed by atoms with van der Waals surface area (Å²) in [5.41, 5.74) is 3.50. The normalized spacial score (nSPS) is 12.5. The lowest BCUT2D eigenvalue weighted by Crippen LogP contribution is -2.38. The number of guanidine groups is 1. The molecule has 5 heteroatoms. The number of ether oxygens (including phenoxy) is 1. The molecule has 0 amide bonds. The Kier molecular flexibility index (Phi) is 7.93. The minimum Gasteiger partial charge on any atom is -0.497 e. The molecule has 0 radical (unpaired) electrons. The van der Waals surface area contributed by atoms with Crippen molar-refractivity contribution in [3.05, 3.63) is 59.4 Å². The Morgan fingerprint density at radius 2 is 1.96 bits per heavy atom. The molecule has 2 aromatic rings. The van der Waals surface area contributed by atoms with Crippen LogP contribution in [0.25, 0.3) is 0 Å². The van der Waals surface area contributed by atoms with Gasteiger partial charge in [-0.15, -0.1) is 0 Å². The van der Waals surface area contributed by atoms with Crippen molar-refractivity contribution in [2.75, 3.05) is 20.2 Å². The molecule has 140 valence electrons. The van der Waals surface area contributed by atoms with Gasteiger partial charge in [0.25, 0.3) is 0 Å². The molecule has 0 aliphatic rings. The summed E-state index contributed by atoms with van der Waals surface area (Å²) in [6.07, 6.45) is 2.84. The molecule has 5 nitrogen and oxygen atoms in total. The Balaban J connectivity index is 1.87. The van der Waals surface area contributed by atoms with Gasteiger partial charge in [-0.3, -0.25) is 4.98 Å². The SMILES string of the molecule is CCNC(=NCc1ncccc1C)NCCC(C)c1ccc(OC)cc1. The van der Waals surface area contributed by atoms with Crippen LogP contribution in [0, 0.1) is 6.92 Å². The maximum absolute atomic E-state index is 5.22. The lowest BCUT2D eigenvalue weighted by Gasteiger charge is -2.15. The van der Waals surface area contributed by atoms with Crippen LogP contribution in [-0.4, -0.2) is 31.1 Å². The first-order valence-corrected chi connectivity index (χ1v) is 9.20. The summed E-state index contributed by atoms with van der Waals surface area (Å²) in [6, 6.07) is 12.3. The third-order valence-electron chi connectivity index (χ3n) is 4.40. The second-order valence-corrected chi connectivity index (χ2v) is 6.35. The molecule has 0 fully saturated rings. The van der Waals surface area contributed by atoms with Crippen molar-refractivity contribution >= 4 is 5.96 Å². The third-order valence-corrected chi connectivity index (χ3v) is 4.40. The van der Waals surface area contributed by atoms with Crippen LogP contribution in [0.3, 0.4) is 0 Å². The molecule has 1 heterocycles. The molecule has 26 heavy (non-hydrogen) atoms. The first-order valence-electron chi connectivity index (χ1n) is 9.20. The van der Waals surface area contributed by atoms with E-state index in [0.717, 1.165) is 36.9 Å². The van der Waals surface area contributed by atoms with Crippen molar-refractivity contribution in [2.24, 2.45) is 4.99 Å². The van der Waals surface area contributed by atoms with Crippen molar-refractivity contribution in [3.8, 4) is 5.75 Å². The van der Waals surface area contributed by atoms with Crippen LogP contribution in [-0.2, 0) is 6.54 Å². The molecule has 2 rings (SSSR count). The second kappa shape index (κ2) is 10.4. The molecular weight excluding hydrogens is 324 g/mol. The summed E-state index contributed by atoms with van der Waals surface area (Å²) >= 11 is 0. The minimum atomic E-state index is 0.467. The first kappa shape index (κ1) is 19.8. The van der Waals surface area contributed by atoms with Crippen LogP contribution in [0.5, 0.6) is 5.75 Å². The smallest absolute Gasteiger partial charge is 0.191 e. The van der Waals surface area contributed by atoms with Crippen LogP contribution < -0.4 is 15.4 Å². The van der Waals surface area contributed by atoms with Crippen molar-refractivity contribution in [1.82, 2.24) is 15.6 Å². The van der Waals surface area contributed by atoms with E-state index in [1.165, 1.54) is 11.1 Å². The number of pyridine rings is 1. The number of nitrogens with zero attached hydrogens (tertiary/aromatic N) is 2. The van der Waals surface area contributed by atoms with Gasteiger partial charge in [0.1, 0.15) is 5.75 Å². The molecule has 0 saturated carbocycles. The van der Waals surface area contributed by atoms with Gasteiger partial charge in [0.05, 0.1) is 19.3 Å². The van der Waals surface area contributed by atoms with Crippen LogP contribution in [0.1, 0.15) is 43.0 Å². The van der Waals surface area contributed by atoms with E-state index in [9.17, 15) is 0 Å². The van der Waals surface area contributed by atoms with Gasteiger partial charge >= 0.3 is 0 Å². The molecule has 1 unspecified atom stereocenters. The zero-order valence-corrected chi connectivity index (χ0v) is 16.2. The summed E-state index contributed by atoms with van der Waals surface area (Å²) in [4.78, 5) is 9.05. The molecule has 1 aromatic carbocycles. The number of methoxy groups -OCH3 is 1. The van der Waals surface area contributed by atoms with Crippen LogP contribution in [0.4, 0.5) is 0 Å². The van der Waals surface area contributed by atoms with E-state index in [1.54, 1.807) is 7.11 Å². The molecule has 0 spiro atoms. The van der Waals surface area contributed by atoms with E-state index < -0.39 is 0 Å². The number of hydrogen-bond acceptors (Lipinski definition) is 3. The maximum atomic E-state index is 5.22. The highest BCUT2D eigenvalue weighted by atomic mass is 16.5. The van der Waals surface area contributed by atoms with E-state index in [0.29, 0.717) is 12.5 Å². The largest absolute Gasteiger partial charge is 0.497 e. The number of benzene rings is 1. The molecule has 0 aliphatic carbocycles. The van der Waals surface area contributed by atoms with Gasteiger partial charge in [0.15, 0.2) is 5.96 Å². The van der Waals surface area contributed by atoms with Crippen LogP contribution >= 0.6 is 0 Å². The number of aryl methyl sites for hydroxylation is 1. The molecule has 0 saturated heterocycles. The minimum absolute atomic E-state index is 0.467. The summed E-state index contributed by atoms with van der Waals surface area (Å²) in [5.74, 6) is 2.19. The second-order valence-electron chi connectivity index (χ2n) is 6.35. The van der Waals surface area contributed by atoms with Gasteiger partial charge in [-0.1, -0.05) is 25.1 Å². The average Bonchev–Trinajstić information content (AvgIpc) is 2.67. The zero-order valence-electron chi connectivity index (χ0n) is 16.2. The summed E-state index contributed by atoms with van der Waals surface area (Å²) < 4.78 is 5.22. The predicted octanol–water partition coefficient (Wildman–Crippen LogP) is 3.65. The first-order chi connectivity index (χ1) is 12.6. The van der Waals surface area contributed by atoms with E-state index in [4.69, 9.17) is 4.74 Å². The van der Waals surface area contributed by atoms with Crippen LogP contribution in [0.2, 0.25) is 0 Å². The van der Waals surface area contributed by atoms with Crippen molar-refractivity contribution in [2.45, 2.75) is 39.7 Å². The quantitative estimate of drug-likeness (QED) is 0.561. The van der Waals surface area contributed by atoms with Crippen molar-refractivity contribution in [1.29, 1.82) is 0 Å². The topological polar surface area (TPSA) is 58.5 Å². The molecule has 1 aromatic heterocycles. The van der Waals surface area contributed by atoms with Crippen LogP contribution in [0.15, 0.2) is 47.6 Å². The Bertz CT molecular complexity index is 697. The fraction of sp³-hybridized carbons (Fsp3) is 0.429. The average molecular weight is 354 g/mol. The number of aromatic nitrogens is 1. The fourth-order valence-corrected chi connectivity index (χ4v) is 2.69. The molecular formula is C21H30N4O. The summed E-state index contributed by atoms with van der Waals surface area (Å²) in [7, 11) is 1.69. The van der Waals surface area contributed by atoms with E-state index in [2.05, 4.69) is 59.6 Å². The van der Waals surface area contributed by atoms with Gasteiger partial charge in [0.2, 0.25) is 0 Å². The number of hydrogen-bond donors (Lipinski definition) is 2. The Morgan fingerprint density at radius 3 is 2.62 bits per heavy atom. The summed E-state index contributed by atoms with van der Waals surface area (Å²) in [5, 5.41) is 6.72. The Morgan fingerprint density at radius 1 is 1.19 bits per heavy atom. The predicted molar refractivity (Wildman–Crippen MR) is 108 cm³/mol. The molecule has 0 bridgehead atoms. The highest BCUT2D eigenvalue weighted by Crippen LogP contribution is 2.21. The lowest BCUT2D eigenvalue weighted by atomic mass is 9.98. The van der Waals surface area contributed by atoms with E-state index in [1.807, 2.05) is 24.4 Å². The summed E-state index contributed by atoms with van der Waals surface area (Å²) in [6.45, 7) is 8.65.